The van der Waals surface area contributed by atoms with Gasteiger partial charge in [0.1, 0.15) is 5.60 Å². The zero-order chi connectivity index (χ0) is 20.3. The van der Waals surface area contributed by atoms with E-state index in [1.807, 2.05) is 27.8 Å². The summed E-state index contributed by atoms with van der Waals surface area (Å²) in [6.45, 7) is 9.41. The Kier molecular flexibility index (Phi) is 10.5. The van der Waals surface area contributed by atoms with Gasteiger partial charge in [0.25, 0.3) is 0 Å². The number of hydrogen-bond donors (Lipinski definition) is 2. The molecule has 2 N–H and O–H groups in total. The van der Waals surface area contributed by atoms with E-state index in [9.17, 15) is 4.79 Å². The van der Waals surface area contributed by atoms with Crippen molar-refractivity contribution < 1.29 is 9.53 Å². The van der Waals surface area contributed by atoms with Crippen molar-refractivity contribution in [1.82, 2.24) is 20.4 Å². The summed E-state index contributed by atoms with van der Waals surface area (Å²) in [4.78, 5) is 20.8. The third kappa shape index (κ3) is 11.1. The van der Waals surface area contributed by atoms with Crippen molar-refractivity contribution in [2.75, 3.05) is 47.3 Å². The zero-order valence-electron chi connectivity index (χ0n) is 18.3. The van der Waals surface area contributed by atoms with Gasteiger partial charge in [-0.3, -0.25) is 4.99 Å². The fourth-order valence-corrected chi connectivity index (χ4v) is 3.16. The predicted molar refractivity (Wildman–Crippen MR) is 112 cm³/mol. The number of aliphatic imine (C=N–C) groups is 1. The van der Waals surface area contributed by atoms with Gasteiger partial charge < -0.3 is 25.2 Å². The molecule has 1 atom stereocenters. The number of ether oxygens (including phenoxy) is 1. The topological polar surface area (TPSA) is 69.2 Å². The van der Waals surface area contributed by atoms with Gasteiger partial charge in [0.05, 0.1) is 6.04 Å². The standard InChI is InChI=1S/C20H41N5O2/c1-20(2,3)27-19(26)23-17-12-15-25(16-17)18(21-4)22-13-10-8-7-9-11-14-24(5)6/h17H,7-16H2,1-6H3,(H,21,22)(H,23,26). The summed E-state index contributed by atoms with van der Waals surface area (Å²) in [7, 11) is 6.07. The molecule has 0 saturated carbocycles. The second-order valence-corrected chi connectivity index (χ2v) is 8.62. The molecule has 1 unspecified atom stereocenters. The Labute approximate surface area is 165 Å². The normalized spacial score (nSPS) is 18.1. The minimum atomic E-state index is -0.466. The van der Waals surface area contributed by atoms with Gasteiger partial charge in [-0.15, -0.1) is 0 Å². The minimum absolute atomic E-state index is 0.107. The lowest BCUT2D eigenvalue weighted by atomic mass is 10.1. The van der Waals surface area contributed by atoms with Crippen LogP contribution in [0.25, 0.3) is 0 Å². The molecule has 1 rings (SSSR count). The summed E-state index contributed by atoms with van der Waals surface area (Å²) in [5.41, 5.74) is -0.466. The highest BCUT2D eigenvalue weighted by molar-refractivity contribution is 5.80. The summed E-state index contributed by atoms with van der Waals surface area (Å²) in [5.74, 6) is 0.927. The van der Waals surface area contributed by atoms with Crippen LogP contribution >= 0.6 is 0 Å². The Morgan fingerprint density at radius 1 is 1.19 bits per heavy atom. The van der Waals surface area contributed by atoms with E-state index in [0.29, 0.717) is 0 Å². The number of rotatable bonds is 9. The molecule has 0 radical (unpaired) electrons. The highest BCUT2D eigenvalue weighted by Gasteiger charge is 2.27. The molecule has 1 amide bonds. The molecule has 1 heterocycles. The Bertz CT molecular complexity index is 460. The van der Waals surface area contributed by atoms with Crippen LogP contribution in [0.15, 0.2) is 4.99 Å². The molecule has 0 aromatic carbocycles. The third-order valence-corrected chi connectivity index (χ3v) is 4.49. The van der Waals surface area contributed by atoms with Crippen LogP contribution in [0, 0.1) is 0 Å². The van der Waals surface area contributed by atoms with Crippen LogP contribution in [0.3, 0.4) is 0 Å². The first-order chi connectivity index (χ1) is 12.7. The zero-order valence-corrected chi connectivity index (χ0v) is 18.3. The van der Waals surface area contributed by atoms with Gasteiger partial charge in [0, 0.05) is 26.7 Å². The van der Waals surface area contributed by atoms with Crippen molar-refractivity contribution in [3.63, 3.8) is 0 Å². The van der Waals surface area contributed by atoms with E-state index in [1.54, 1.807) is 0 Å². The van der Waals surface area contributed by atoms with Crippen LogP contribution in [0.2, 0.25) is 0 Å². The molecule has 1 fully saturated rings. The molecule has 1 aliphatic rings. The van der Waals surface area contributed by atoms with Gasteiger partial charge in [-0.1, -0.05) is 19.3 Å². The Morgan fingerprint density at radius 3 is 2.48 bits per heavy atom. The molecule has 0 aliphatic carbocycles. The first-order valence-electron chi connectivity index (χ1n) is 10.3. The van der Waals surface area contributed by atoms with E-state index in [2.05, 4.69) is 39.5 Å². The second-order valence-electron chi connectivity index (χ2n) is 8.62. The molecule has 158 valence electrons. The smallest absolute Gasteiger partial charge is 0.407 e. The third-order valence-electron chi connectivity index (χ3n) is 4.49. The molecule has 1 aliphatic heterocycles. The van der Waals surface area contributed by atoms with E-state index in [1.165, 1.54) is 32.2 Å². The fourth-order valence-electron chi connectivity index (χ4n) is 3.16. The van der Waals surface area contributed by atoms with E-state index >= 15 is 0 Å². The van der Waals surface area contributed by atoms with E-state index < -0.39 is 5.60 Å². The van der Waals surface area contributed by atoms with Crippen molar-refractivity contribution in [2.45, 2.75) is 70.9 Å². The average molecular weight is 384 g/mol. The van der Waals surface area contributed by atoms with Gasteiger partial charge in [0.15, 0.2) is 5.96 Å². The fraction of sp³-hybridized carbons (Fsp3) is 0.900. The SMILES string of the molecule is CN=C(NCCCCCCCN(C)C)N1CCC(NC(=O)OC(C)(C)C)C1. The maximum Gasteiger partial charge on any atom is 0.407 e. The first-order valence-corrected chi connectivity index (χ1v) is 10.3. The van der Waals surface area contributed by atoms with Crippen LogP contribution in [0.4, 0.5) is 4.79 Å². The van der Waals surface area contributed by atoms with Gasteiger partial charge in [-0.05, 0) is 60.7 Å². The molecule has 7 nitrogen and oxygen atoms in total. The number of hydrogen-bond acceptors (Lipinski definition) is 4. The van der Waals surface area contributed by atoms with Crippen molar-refractivity contribution in [2.24, 2.45) is 4.99 Å². The predicted octanol–water partition coefficient (Wildman–Crippen LogP) is 2.67. The van der Waals surface area contributed by atoms with Crippen molar-refractivity contribution >= 4 is 12.1 Å². The van der Waals surface area contributed by atoms with Gasteiger partial charge in [0.2, 0.25) is 0 Å². The summed E-state index contributed by atoms with van der Waals surface area (Å²) in [6.07, 6.45) is 6.85. The van der Waals surface area contributed by atoms with Crippen molar-refractivity contribution in [3.05, 3.63) is 0 Å². The number of unbranched alkanes of at least 4 members (excludes halogenated alkanes) is 4. The molecule has 0 spiro atoms. The summed E-state index contributed by atoms with van der Waals surface area (Å²) >= 11 is 0. The minimum Gasteiger partial charge on any atom is -0.444 e. The Hall–Kier alpha value is -1.50. The van der Waals surface area contributed by atoms with Gasteiger partial charge in [-0.25, -0.2) is 4.79 Å². The molecular formula is C20H41N5O2. The number of carbonyl (C=O) groups is 1. The summed E-state index contributed by atoms with van der Waals surface area (Å²) in [6, 6.07) is 0.107. The monoisotopic (exact) mass is 383 g/mol. The Morgan fingerprint density at radius 2 is 1.85 bits per heavy atom. The van der Waals surface area contributed by atoms with E-state index in [-0.39, 0.29) is 12.1 Å². The van der Waals surface area contributed by atoms with Crippen molar-refractivity contribution in [3.8, 4) is 0 Å². The van der Waals surface area contributed by atoms with E-state index in [4.69, 9.17) is 4.74 Å². The highest BCUT2D eigenvalue weighted by Crippen LogP contribution is 2.12. The lowest BCUT2D eigenvalue weighted by molar-refractivity contribution is 0.0507. The maximum absolute atomic E-state index is 11.9. The first kappa shape index (κ1) is 23.5. The number of guanidine groups is 1. The van der Waals surface area contributed by atoms with Gasteiger partial charge >= 0.3 is 6.09 Å². The molecule has 0 aromatic rings. The number of alkyl carbamates (subject to hydrolysis) is 1. The lowest BCUT2D eigenvalue weighted by Gasteiger charge is -2.23. The van der Waals surface area contributed by atoms with Gasteiger partial charge in [-0.2, -0.15) is 0 Å². The molecule has 7 heteroatoms. The molecule has 27 heavy (non-hydrogen) atoms. The molecule has 0 aromatic heterocycles. The van der Waals surface area contributed by atoms with Crippen LogP contribution < -0.4 is 10.6 Å². The van der Waals surface area contributed by atoms with Crippen LogP contribution in [0.5, 0.6) is 0 Å². The number of amides is 1. The Balaban J connectivity index is 2.19. The van der Waals surface area contributed by atoms with E-state index in [0.717, 1.165) is 38.4 Å². The molecular weight excluding hydrogens is 342 g/mol. The number of nitrogens with one attached hydrogen (secondary N) is 2. The highest BCUT2D eigenvalue weighted by atomic mass is 16.6. The summed E-state index contributed by atoms with van der Waals surface area (Å²) in [5, 5.41) is 6.42. The number of likely N-dealkylation sites (tertiary alicyclic amines) is 1. The van der Waals surface area contributed by atoms with Crippen LogP contribution in [-0.2, 0) is 4.74 Å². The molecule has 0 bridgehead atoms. The lowest BCUT2D eigenvalue weighted by Crippen LogP contribution is -2.44. The quantitative estimate of drug-likeness (QED) is 0.364. The second kappa shape index (κ2) is 12.1. The summed E-state index contributed by atoms with van der Waals surface area (Å²) < 4.78 is 5.34. The number of nitrogens with zero attached hydrogens (tertiary/aromatic N) is 3. The van der Waals surface area contributed by atoms with Crippen molar-refractivity contribution in [1.29, 1.82) is 0 Å². The maximum atomic E-state index is 11.9. The number of carbonyl (C=O) groups excluding carboxylic acids is 1. The average Bonchev–Trinajstić information content (AvgIpc) is 2.99. The van der Waals surface area contributed by atoms with Crippen LogP contribution in [0.1, 0.15) is 59.3 Å². The largest absolute Gasteiger partial charge is 0.444 e. The van der Waals surface area contributed by atoms with Crippen LogP contribution in [-0.4, -0.2) is 80.8 Å². The molecule has 1 saturated heterocycles.